The fourth-order valence-corrected chi connectivity index (χ4v) is 2.81. The van der Waals surface area contributed by atoms with Gasteiger partial charge >= 0.3 is 0 Å². The van der Waals surface area contributed by atoms with E-state index in [9.17, 15) is 8.42 Å². The Morgan fingerprint density at radius 3 is 2.63 bits per heavy atom. The van der Waals surface area contributed by atoms with Gasteiger partial charge in [0.25, 0.3) is 10.0 Å². The summed E-state index contributed by atoms with van der Waals surface area (Å²) in [6.07, 6.45) is 1.38. The number of aliphatic hydroxyl groups excluding tert-OH is 1. The smallest absolute Gasteiger partial charge is 0.273 e. The van der Waals surface area contributed by atoms with Gasteiger partial charge in [-0.2, -0.15) is 0 Å². The van der Waals surface area contributed by atoms with E-state index in [2.05, 4.69) is 4.72 Å². The first kappa shape index (κ1) is 16.2. The van der Waals surface area contributed by atoms with Crippen molar-refractivity contribution in [2.24, 2.45) is 11.1 Å². The first-order chi connectivity index (χ1) is 8.80. The molecule has 0 saturated carbocycles. The molecule has 19 heavy (non-hydrogen) atoms. The maximum absolute atomic E-state index is 12.0. The Morgan fingerprint density at radius 1 is 1.42 bits per heavy atom. The van der Waals surface area contributed by atoms with Gasteiger partial charge in [0.2, 0.25) is 5.09 Å². The Morgan fingerprint density at radius 2 is 2.11 bits per heavy atom. The van der Waals surface area contributed by atoms with Crippen LogP contribution in [-0.2, 0) is 16.6 Å². The minimum Gasteiger partial charge on any atom is -0.447 e. The minimum absolute atomic E-state index is 0.105. The maximum atomic E-state index is 12.0. The maximum Gasteiger partial charge on any atom is 0.273 e. The van der Waals surface area contributed by atoms with Gasteiger partial charge in [-0.25, -0.2) is 13.1 Å². The van der Waals surface area contributed by atoms with Crippen LogP contribution in [0.5, 0.6) is 0 Å². The molecular weight excluding hydrogens is 268 g/mol. The highest BCUT2D eigenvalue weighted by Crippen LogP contribution is 2.22. The lowest BCUT2D eigenvalue weighted by Crippen LogP contribution is -2.34. The van der Waals surface area contributed by atoms with Crippen LogP contribution >= 0.6 is 0 Å². The number of hydrogen-bond acceptors (Lipinski definition) is 5. The van der Waals surface area contributed by atoms with Crippen molar-refractivity contribution in [1.29, 1.82) is 0 Å². The van der Waals surface area contributed by atoms with Gasteiger partial charge in [0.1, 0.15) is 5.76 Å². The third-order valence-electron chi connectivity index (χ3n) is 2.86. The standard InChI is InChI=1S/C12H22N2O4S/c1-12(2,6-3-7-15)9-14-19(16,17)11-5-4-10(8-13)18-11/h4-5,14-15H,3,6-9,13H2,1-2H3. The monoisotopic (exact) mass is 290 g/mol. The van der Waals surface area contributed by atoms with Crippen LogP contribution in [-0.4, -0.2) is 26.7 Å². The second-order valence-electron chi connectivity index (χ2n) is 5.24. The van der Waals surface area contributed by atoms with Gasteiger partial charge in [-0.15, -0.1) is 0 Å². The molecule has 0 amide bonds. The second-order valence-corrected chi connectivity index (χ2v) is 6.94. The van der Waals surface area contributed by atoms with Crippen molar-refractivity contribution in [2.45, 2.75) is 38.3 Å². The molecule has 0 bridgehead atoms. The molecule has 4 N–H and O–H groups in total. The van der Waals surface area contributed by atoms with Crippen LogP contribution in [0.3, 0.4) is 0 Å². The zero-order valence-corrected chi connectivity index (χ0v) is 12.2. The van der Waals surface area contributed by atoms with Gasteiger partial charge < -0.3 is 15.3 Å². The van der Waals surface area contributed by atoms with Crippen molar-refractivity contribution in [2.75, 3.05) is 13.2 Å². The van der Waals surface area contributed by atoms with E-state index in [1.165, 1.54) is 6.07 Å². The van der Waals surface area contributed by atoms with Gasteiger partial charge in [0.15, 0.2) is 0 Å². The average Bonchev–Trinajstić information content (AvgIpc) is 2.84. The Bertz CT molecular complexity index is 494. The molecule has 0 aromatic carbocycles. The van der Waals surface area contributed by atoms with Crippen LogP contribution in [0, 0.1) is 5.41 Å². The van der Waals surface area contributed by atoms with Crippen molar-refractivity contribution in [3.8, 4) is 0 Å². The molecule has 0 saturated heterocycles. The third-order valence-corrected chi connectivity index (χ3v) is 4.13. The molecule has 1 aromatic rings. The molecule has 0 spiro atoms. The first-order valence-corrected chi connectivity index (χ1v) is 7.68. The summed E-state index contributed by atoms with van der Waals surface area (Å²) < 4.78 is 31.6. The molecule has 0 aliphatic heterocycles. The molecule has 0 aliphatic carbocycles. The summed E-state index contributed by atoms with van der Waals surface area (Å²) in [5.74, 6) is 0.430. The molecule has 110 valence electrons. The molecule has 0 aliphatic rings. The Kier molecular flexibility index (Phi) is 5.54. The van der Waals surface area contributed by atoms with E-state index >= 15 is 0 Å². The van der Waals surface area contributed by atoms with Crippen molar-refractivity contribution < 1.29 is 17.9 Å². The van der Waals surface area contributed by atoms with Crippen molar-refractivity contribution >= 4 is 10.0 Å². The van der Waals surface area contributed by atoms with Gasteiger partial charge in [0, 0.05) is 13.2 Å². The Labute approximate surface area is 114 Å². The van der Waals surface area contributed by atoms with Gasteiger partial charge in [-0.1, -0.05) is 13.8 Å². The SMILES string of the molecule is CC(C)(CCCO)CNS(=O)(=O)c1ccc(CN)o1. The van der Waals surface area contributed by atoms with Crippen LogP contribution in [0.4, 0.5) is 0 Å². The molecule has 6 nitrogen and oxygen atoms in total. The van der Waals surface area contributed by atoms with Gasteiger partial charge in [-0.3, -0.25) is 0 Å². The van der Waals surface area contributed by atoms with E-state index < -0.39 is 10.0 Å². The topological polar surface area (TPSA) is 106 Å². The number of furan rings is 1. The number of hydrogen-bond donors (Lipinski definition) is 3. The number of nitrogens with one attached hydrogen (secondary N) is 1. The summed E-state index contributed by atoms with van der Waals surface area (Å²) in [7, 11) is -3.64. The van der Waals surface area contributed by atoms with E-state index in [0.29, 0.717) is 12.2 Å². The first-order valence-electron chi connectivity index (χ1n) is 6.20. The quantitative estimate of drug-likeness (QED) is 0.657. The molecule has 0 fully saturated rings. The lowest BCUT2D eigenvalue weighted by molar-refractivity contribution is 0.242. The number of aliphatic hydroxyl groups is 1. The normalized spacial score (nSPS) is 12.8. The number of rotatable bonds is 8. The fraction of sp³-hybridized carbons (Fsp3) is 0.667. The van der Waals surface area contributed by atoms with E-state index in [-0.39, 0.29) is 30.2 Å². The minimum atomic E-state index is -3.64. The molecular formula is C12H22N2O4S. The highest BCUT2D eigenvalue weighted by atomic mass is 32.2. The van der Waals surface area contributed by atoms with E-state index in [4.69, 9.17) is 15.3 Å². The van der Waals surface area contributed by atoms with Crippen LogP contribution < -0.4 is 10.5 Å². The third kappa shape index (κ3) is 4.94. The van der Waals surface area contributed by atoms with Crippen LogP contribution in [0.15, 0.2) is 21.6 Å². The summed E-state index contributed by atoms with van der Waals surface area (Å²) in [5.41, 5.74) is 5.15. The molecule has 1 heterocycles. The summed E-state index contributed by atoms with van der Waals surface area (Å²) in [6, 6.07) is 2.94. The second kappa shape index (κ2) is 6.51. The molecule has 0 unspecified atom stereocenters. The van der Waals surface area contributed by atoms with E-state index in [1.807, 2.05) is 13.8 Å². The van der Waals surface area contributed by atoms with Gasteiger partial charge in [-0.05, 0) is 30.4 Å². The average molecular weight is 290 g/mol. The number of nitrogens with two attached hydrogens (primary N) is 1. The predicted molar refractivity (Wildman–Crippen MR) is 71.9 cm³/mol. The molecule has 0 radical (unpaired) electrons. The van der Waals surface area contributed by atoms with E-state index in [1.54, 1.807) is 6.07 Å². The fourth-order valence-electron chi connectivity index (χ4n) is 1.62. The predicted octanol–water partition coefficient (Wildman–Crippen LogP) is 0.815. The van der Waals surface area contributed by atoms with Crippen molar-refractivity contribution in [1.82, 2.24) is 4.72 Å². The lowest BCUT2D eigenvalue weighted by Gasteiger charge is -2.24. The van der Waals surface area contributed by atoms with Crippen molar-refractivity contribution in [3.05, 3.63) is 17.9 Å². The highest BCUT2D eigenvalue weighted by molar-refractivity contribution is 7.89. The Balaban J connectivity index is 2.65. The highest BCUT2D eigenvalue weighted by Gasteiger charge is 2.24. The Hall–Kier alpha value is -0.890. The molecule has 0 atom stereocenters. The zero-order chi connectivity index (χ0) is 14.5. The summed E-state index contributed by atoms with van der Waals surface area (Å²) >= 11 is 0. The molecule has 7 heteroatoms. The summed E-state index contributed by atoms with van der Waals surface area (Å²) in [4.78, 5) is 0. The van der Waals surface area contributed by atoms with Gasteiger partial charge in [0.05, 0.1) is 6.54 Å². The van der Waals surface area contributed by atoms with Crippen LogP contribution in [0.2, 0.25) is 0 Å². The largest absolute Gasteiger partial charge is 0.447 e. The zero-order valence-electron chi connectivity index (χ0n) is 11.3. The number of sulfonamides is 1. The summed E-state index contributed by atoms with van der Waals surface area (Å²) in [6.45, 7) is 4.44. The van der Waals surface area contributed by atoms with E-state index in [0.717, 1.165) is 6.42 Å². The lowest BCUT2D eigenvalue weighted by atomic mass is 9.88. The summed E-state index contributed by atoms with van der Waals surface area (Å²) in [5, 5.41) is 8.68. The molecule has 1 aromatic heterocycles. The van der Waals surface area contributed by atoms with Crippen molar-refractivity contribution in [3.63, 3.8) is 0 Å². The van der Waals surface area contributed by atoms with Crippen LogP contribution in [0.1, 0.15) is 32.4 Å². The van der Waals surface area contributed by atoms with Crippen LogP contribution in [0.25, 0.3) is 0 Å². The molecule has 1 rings (SSSR count).